The first-order valence-electron chi connectivity index (χ1n) is 5.83. The largest absolute Gasteiger partial charge is 0.362 e. The molecule has 0 aliphatic carbocycles. The molecule has 1 heterocycles. The van der Waals surface area contributed by atoms with Gasteiger partial charge >= 0.3 is 0 Å². The Hall–Kier alpha value is -1.24. The van der Waals surface area contributed by atoms with E-state index >= 15 is 0 Å². The fourth-order valence-corrected chi connectivity index (χ4v) is 1.55. The first kappa shape index (κ1) is 13.8. The van der Waals surface area contributed by atoms with E-state index in [9.17, 15) is 0 Å². The molecule has 0 aliphatic heterocycles. The third kappa shape index (κ3) is 3.12. The zero-order valence-electron chi connectivity index (χ0n) is 10.8. The van der Waals surface area contributed by atoms with Crippen molar-refractivity contribution in [1.29, 1.82) is 0 Å². The van der Waals surface area contributed by atoms with Crippen LogP contribution in [-0.2, 0) is 0 Å². The minimum Gasteiger partial charge on any atom is -0.362 e. The van der Waals surface area contributed by atoms with Crippen molar-refractivity contribution < 1.29 is 0 Å². The van der Waals surface area contributed by atoms with Crippen LogP contribution in [0.25, 0.3) is 10.8 Å². The molecule has 2 aromatic rings. The van der Waals surface area contributed by atoms with Gasteiger partial charge in [0.05, 0.1) is 0 Å². The van der Waals surface area contributed by atoms with Gasteiger partial charge in [0.15, 0.2) is 0 Å². The Bertz CT molecular complexity index is 349. The molecule has 0 aliphatic rings. The van der Waals surface area contributed by atoms with Crippen LogP contribution in [0.3, 0.4) is 0 Å². The van der Waals surface area contributed by atoms with Crippen molar-refractivity contribution >= 4 is 10.8 Å². The van der Waals surface area contributed by atoms with E-state index in [1.807, 2.05) is 27.7 Å². The first-order valence-corrected chi connectivity index (χ1v) is 5.83. The molecule has 0 saturated carbocycles. The van der Waals surface area contributed by atoms with Crippen molar-refractivity contribution in [2.75, 3.05) is 0 Å². The SMILES string of the molecule is CC.CC.Cc1[nH]c(C)c2ccccc12. The number of nitrogens with one attached hydrogen (secondary N) is 1. The summed E-state index contributed by atoms with van der Waals surface area (Å²) in [6.45, 7) is 12.2. The van der Waals surface area contributed by atoms with Gasteiger partial charge in [0, 0.05) is 22.2 Å². The number of aryl methyl sites for hydroxylation is 2. The van der Waals surface area contributed by atoms with Crippen LogP contribution in [0, 0.1) is 13.8 Å². The number of hydrogen-bond acceptors (Lipinski definition) is 0. The highest BCUT2D eigenvalue weighted by Crippen LogP contribution is 2.20. The van der Waals surface area contributed by atoms with Crippen molar-refractivity contribution in [3.63, 3.8) is 0 Å². The molecule has 0 atom stereocenters. The molecule has 1 nitrogen and oxygen atoms in total. The van der Waals surface area contributed by atoms with Gasteiger partial charge < -0.3 is 4.98 Å². The maximum atomic E-state index is 3.32. The fraction of sp³-hybridized carbons (Fsp3) is 0.429. The molecule has 0 radical (unpaired) electrons. The summed E-state index contributed by atoms with van der Waals surface area (Å²) in [5.41, 5.74) is 2.52. The summed E-state index contributed by atoms with van der Waals surface area (Å²) < 4.78 is 0. The van der Waals surface area contributed by atoms with Crippen LogP contribution in [-0.4, -0.2) is 4.98 Å². The van der Waals surface area contributed by atoms with E-state index in [1.54, 1.807) is 0 Å². The van der Waals surface area contributed by atoms with E-state index < -0.39 is 0 Å². The summed E-state index contributed by atoms with van der Waals surface area (Å²) >= 11 is 0. The quantitative estimate of drug-likeness (QED) is 0.633. The number of aromatic nitrogens is 1. The van der Waals surface area contributed by atoms with Crippen molar-refractivity contribution in [2.24, 2.45) is 0 Å². The van der Waals surface area contributed by atoms with Gasteiger partial charge in [-0.15, -0.1) is 0 Å². The molecule has 2 rings (SSSR count). The molecule has 84 valence electrons. The Kier molecular flexibility index (Phi) is 6.52. The van der Waals surface area contributed by atoms with Gasteiger partial charge in [-0.2, -0.15) is 0 Å². The lowest BCUT2D eigenvalue weighted by atomic mass is 10.1. The molecule has 0 spiro atoms. The minimum atomic E-state index is 1.26. The monoisotopic (exact) mass is 205 g/mol. The Morgan fingerprint density at radius 2 is 1.07 bits per heavy atom. The van der Waals surface area contributed by atoms with Crippen LogP contribution >= 0.6 is 0 Å². The maximum absolute atomic E-state index is 3.32. The molecule has 0 amide bonds. The molecule has 1 aromatic carbocycles. The second-order valence-electron chi connectivity index (χ2n) is 2.92. The Morgan fingerprint density at radius 1 is 0.733 bits per heavy atom. The van der Waals surface area contributed by atoms with E-state index in [0.717, 1.165) is 0 Å². The molecule has 1 N–H and O–H groups in total. The average molecular weight is 205 g/mol. The highest BCUT2D eigenvalue weighted by molar-refractivity contribution is 5.87. The number of aromatic amines is 1. The number of fused-ring (bicyclic) bond motifs is 1. The van der Waals surface area contributed by atoms with Crippen LogP contribution in [0.1, 0.15) is 39.1 Å². The van der Waals surface area contributed by atoms with Gasteiger partial charge in [-0.25, -0.2) is 0 Å². The number of rotatable bonds is 0. The molecule has 0 saturated heterocycles. The zero-order chi connectivity index (χ0) is 11.8. The van der Waals surface area contributed by atoms with E-state index in [1.165, 1.54) is 22.2 Å². The number of H-pyrrole nitrogens is 1. The van der Waals surface area contributed by atoms with Crippen LogP contribution in [0.2, 0.25) is 0 Å². The highest BCUT2D eigenvalue weighted by atomic mass is 14.7. The van der Waals surface area contributed by atoms with E-state index in [4.69, 9.17) is 0 Å². The fourth-order valence-electron chi connectivity index (χ4n) is 1.55. The lowest BCUT2D eigenvalue weighted by molar-refractivity contribution is 1.20. The summed E-state index contributed by atoms with van der Waals surface area (Å²) in [5, 5.41) is 2.68. The standard InChI is InChI=1S/C10H11N.2C2H6/c1-7-9-5-3-4-6-10(9)8(2)11-7;2*1-2/h3-6,11H,1-2H3;2*1-2H3. The average Bonchev–Trinajstić information content (AvgIpc) is 2.61. The summed E-state index contributed by atoms with van der Waals surface area (Å²) in [6.07, 6.45) is 0. The lowest BCUT2D eigenvalue weighted by Gasteiger charge is -1.88. The molecular weight excluding hydrogens is 182 g/mol. The van der Waals surface area contributed by atoms with Gasteiger partial charge in [0.25, 0.3) is 0 Å². The normalized spacial score (nSPS) is 8.67. The van der Waals surface area contributed by atoms with Crippen molar-refractivity contribution in [3.8, 4) is 0 Å². The summed E-state index contributed by atoms with van der Waals surface area (Å²) in [7, 11) is 0. The summed E-state index contributed by atoms with van der Waals surface area (Å²) in [5.74, 6) is 0. The van der Waals surface area contributed by atoms with Gasteiger partial charge in [-0.3, -0.25) is 0 Å². The van der Waals surface area contributed by atoms with Crippen LogP contribution in [0.5, 0.6) is 0 Å². The minimum absolute atomic E-state index is 1.26. The smallest absolute Gasteiger partial charge is 0.0197 e. The van der Waals surface area contributed by atoms with Gasteiger partial charge in [-0.05, 0) is 13.8 Å². The zero-order valence-corrected chi connectivity index (χ0v) is 10.8. The lowest BCUT2D eigenvalue weighted by Crippen LogP contribution is -1.69. The highest BCUT2D eigenvalue weighted by Gasteiger charge is 2.00. The van der Waals surface area contributed by atoms with Crippen molar-refractivity contribution in [1.82, 2.24) is 4.98 Å². The Labute approximate surface area is 93.5 Å². The van der Waals surface area contributed by atoms with E-state index in [0.29, 0.717) is 0 Å². The third-order valence-corrected chi connectivity index (χ3v) is 2.11. The molecular formula is C14H23N. The predicted molar refractivity (Wildman–Crippen MR) is 70.5 cm³/mol. The predicted octanol–water partition coefficient (Wildman–Crippen LogP) is 4.84. The summed E-state index contributed by atoms with van der Waals surface area (Å²) in [4.78, 5) is 3.32. The van der Waals surface area contributed by atoms with E-state index in [2.05, 4.69) is 43.1 Å². The van der Waals surface area contributed by atoms with Gasteiger partial charge in [0.2, 0.25) is 0 Å². The molecule has 0 unspecified atom stereocenters. The third-order valence-electron chi connectivity index (χ3n) is 2.11. The topological polar surface area (TPSA) is 15.8 Å². The van der Waals surface area contributed by atoms with Gasteiger partial charge in [-0.1, -0.05) is 52.0 Å². The Morgan fingerprint density at radius 3 is 1.40 bits per heavy atom. The molecule has 0 fully saturated rings. The van der Waals surface area contributed by atoms with Crippen molar-refractivity contribution in [2.45, 2.75) is 41.5 Å². The maximum Gasteiger partial charge on any atom is 0.0197 e. The summed E-state index contributed by atoms with van der Waals surface area (Å²) in [6, 6.07) is 8.44. The van der Waals surface area contributed by atoms with Gasteiger partial charge in [0.1, 0.15) is 0 Å². The second kappa shape index (κ2) is 7.10. The Balaban J connectivity index is 0.000000442. The first-order chi connectivity index (χ1) is 7.29. The number of benzene rings is 1. The molecule has 15 heavy (non-hydrogen) atoms. The number of hydrogen-bond donors (Lipinski definition) is 1. The van der Waals surface area contributed by atoms with Crippen LogP contribution < -0.4 is 0 Å². The second-order valence-corrected chi connectivity index (χ2v) is 2.92. The van der Waals surface area contributed by atoms with Crippen molar-refractivity contribution in [3.05, 3.63) is 35.7 Å². The molecule has 0 bridgehead atoms. The molecule has 1 heteroatoms. The van der Waals surface area contributed by atoms with E-state index in [-0.39, 0.29) is 0 Å². The molecule has 1 aromatic heterocycles. The van der Waals surface area contributed by atoms with Crippen LogP contribution in [0.15, 0.2) is 24.3 Å². The van der Waals surface area contributed by atoms with Crippen LogP contribution in [0.4, 0.5) is 0 Å².